The van der Waals surface area contributed by atoms with Crippen molar-refractivity contribution in [2.45, 2.75) is 38.8 Å². The molecule has 2 aliphatic rings. The van der Waals surface area contributed by atoms with Crippen LogP contribution in [0.3, 0.4) is 0 Å². The molecule has 0 saturated carbocycles. The summed E-state index contributed by atoms with van der Waals surface area (Å²) in [7, 11) is 0. The first-order valence-electron chi connectivity index (χ1n) is 6.42. The van der Waals surface area contributed by atoms with Gasteiger partial charge in [0.15, 0.2) is 0 Å². The molecule has 2 aliphatic heterocycles. The van der Waals surface area contributed by atoms with Crippen molar-refractivity contribution in [3.05, 3.63) is 0 Å². The van der Waals surface area contributed by atoms with E-state index in [4.69, 9.17) is 0 Å². The summed E-state index contributed by atoms with van der Waals surface area (Å²) in [5, 5.41) is 6.31. The number of hydrogen-bond acceptors (Lipinski definition) is 3. The molecule has 1 amide bonds. The summed E-state index contributed by atoms with van der Waals surface area (Å²) in [6, 6.07) is 1.04. The van der Waals surface area contributed by atoms with Crippen molar-refractivity contribution in [2.75, 3.05) is 26.2 Å². The van der Waals surface area contributed by atoms with Gasteiger partial charge in [0.1, 0.15) is 0 Å². The smallest absolute Gasteiger partial charge is 0.225 e. The summed E-state index contributed by atoms with van der Waals surface area (Å²) in [6.07, 6.45) is 2.20. The zero-order chi connectivity index (χ0) is 11.5. The maximum absolute atomic E-state index is 11.7. The van der Waals surface area contributed by atoms with Crippen molar-refractivity contribution in [3.8, 4) is 0 Å². The highest BCUT2D eigenvalue weighted by molar-refractivity contribution is 5.80. The predicted molar refractivity (Wildman–Crippen MR) is 64.2 cm³/mol. The van der Waals surface area contributed by atoms with Crippen LogP contribution < -0.4 is 10.6 Å². The second-order valence-corrected chi connectivity index (χ2v) is 5.27. The van der Waals surface area contributed by atoms with E-state index in [0.717, 1.165) is 39.0 Å². The van der Waals surface area contributed by atoms with Gasteiger partial charge in [-0.1, -0.05) is 0 Å². The highest BCUT2D eigenvalue weighted by Gasteiger charge is 2.28. The number of nitrogens with one attached hydrogen (secondary N) is 2. The van der Waals surface area contributed by atoms with Gasteiger partial charge < -0.3 is 15.5 Å². The number of likely N-dealkylation sites (tertiary alicyclic amines) is 1. The van der Waals surface area contributed by atoms with E-state index in [1.165, 1.54) is 0 Å². The summed E-state index contributed by atoms with van der Waals surface area (Å²) in [5.41, 5.74) is 0. The molecule has 4 heteroatoms. The fraction of sp³-hybridized carbons (Fsp3) is 0.917. The molecule has 4 nitrogen and oxygen atoms in total. The van der Waals surface area contributed by atoms with E-state index in [2.05, 4.69) is 29.4 Å². The molecule has 0 bridgehead atoms. The van der Waals surface area contributed by atoms with Gasteiger partial charge in [0, 0.05) is 38.3 Å². The number of carbonyl (C=O) groups is 1. The lowest BCUT2D eigenvalue weighted by Crippen LogP contribution is -2.54. The summed E-state index contributed by atoms with van der Waals surface area (Å²) < 4.78 is 0. The Hall–Kier alpha value is -0.610. The van der Waals surface area contributed by atoms with Crippen molar-refractivity contribution < 1.29 is 4.79 Å². The van der Waals surface area contributed by atoms with E-state index in [-0.39, 0.29) is 11.8 Å². The third kappa shape index (κ3) is 2.74. The topological polar surface area (TPSA) is 44.4 Å². The van der Waals surface area contributed by atoms with E-state index < -0.39 is 0 Å². The third-order valence-electron chi connectivity index (χ3n) is 3.76. The fourth-order valence-electron chi connectivity index (χ4n) is 2.35. The van der Waals surface area contributed by atoms with Crippen LogP contribution in [-0.4, -0.2) is 49.1 Å². The summed E-state index contributed by atoms with van der Waals surface area (Å²) >= 11 is 0. The monoisotopic (exact) mass is 225 g/mol. The lowest BCUT2D eigenvalue weighted by Gasteiger charge is -2.36. The van der Waals surface area contributed by atoms with Crippen molar-refractivity contribution >= 4 is 5.91 Å². The van der Waals surface area contributed by atoms with Gasteiger partial charge in [0.25, 0.3) is 0 Å². The molecule has 0 aromatic carbocycles. The number of nitrogens with zero attached hydrogens (tertiary/aromatic N) is 1. The molecule has 0 aromatic heterocycles. The molecule has 2 rings (SSSR count). The number of rotatable bonds is 3. The van der Waals surface area contributed by atoms with Gasteiger partial charge in [-0.15, -0.1) is 0 Å². The molecule has 0 atom stereocenters. The molecule has 2 N–H and O–H groups in total. The van der Waals surface area contributed by atoms with Crippen LogP contribution in [0.5, 0.6) is 0 Å². The largest absolute Gasteiger partial charge is 0.353 e. The molecule has 0 radical (unpaired) electrons. The lowest BCUT2D eigenvalue weighted by molar-refractivity contribution is -0.127. The zero-order valence-electron chi connectivity index (χ0n) is 10.3. The van der Waals surface area contributed by atoms with Crippen molar-refractivity contribution in [3.63, 3.8) is 0 Å². The molecular formula is C12H23N3O. The lowest BCUT2D eigenvalue weighted by atomic mass is 9.99. The van der Waals surface area contributed by atoms with Crippen LogP contribution in [-0.2, 0) is 4.79 Å². The Morgan fingerprint density at radius 2 is 1.94 bits per heavy atom. The second kappa shape index (κ2) is 5.15. The predicted octanol–water partition coefficient (Wildman–Crippen LogP) is 0.195. The van der Waals surface area contributed by atoms with E-state index in [1.54, 1.807) is 0 Å². The Kier molecular flexibility index (Phi) is 3.82. The van der Waals surface area contributed by atoms with E-state index in [9.17, 15) is 4.79 Å². The minimum absolute atomic E-state index is 0.225. The Balaban J connectivity index is 1.70. The Morgan fingerprint density at radius 1 is 1.31 bits per heavy atom. The number of hydrogen-bond donors (Lipinski definition) is 2. The minimum atomic E-state index is 0.225. The molecular weight excluding hydrogens is 202 g/mol. The van der Waals surface area contributed by atoms with Crippen molar-refractivity contribution in [1.82, 2.24) is 15.5 Å². The van der Waals surface area contributed by atoms with Crippen molar-refractivity contribution in [1.29, 1.82) is 0 Å². The van der Waals surface area contributed by atoms with Crippen LogP contribution in [0, 0.1) is 5.92 Å². The first kappa shape index (κ1) is 11.9. The maximum atomic E-state index is 11.7. The number of amides is 1. The molecule has 2 saturated heterocycles. The van der Waals surface area contributed by atoms with Crippen LogP contribution in [0.4, 0.5) is 0 Å². The van der Waals surface area contributed by atoms with Gasteiger partial charge in [0.05, 0.1) is 5.92 Å². The number of piperidine rings is 1. The normalized spacial score (nSPS) is 24.4. The Labute approximate surface area is 97.8 Å². The standard InChI is InChI=1S/C12H23N3O/c1-9(2)15-5-3-11(4-6-15)14-12(16)10-7-13-8-10/h9-11,13H,3-8H2,1-2H3,(H,14,16). The summed E-state index contributed by atoms with van der Waals surface area (Å²) in [6.45, 7) is 8.42. The van der Waals surface area contributed by atoms with Gasteiger partial charge in [-0.25, -0.2) is 0 Å². The molecule has 2 heterocycles. The van der Waals surface area contributed by atoms with Crippen molar-refractivity contribution in [2.24, 2.45) is 5.92 Å². The van der Waals surface area contributed by atoms with Gasteiger partial charge in [-0.2, -0.15) is 0 Å². The third-order valence-corrected chi connectivity index (χ3v) is 3.76. The van der Waals surface area contributed by atoms with E-state index in [0.29, 0.717) is 12.1 Å². The first-order valence-corrected chi connectivity index (χ1v) is 6.42. The number of carbonyl (C=O) groups excluding carboxylic acids is 1. The molecule has 0 unspecified atom stereocenters. The van der Waals surface area contributed by atoms with Gasteiger partial charge in [-0.05, 0) is 26.7 Å². The van der Waals surface area contributed by atoms with Crippen LogP contribution in [0.2, 0.25) is 0 Å². The molecule has 0 spiro atoms. The van der Waals surface area contributed by atoms with Crippen LogP contribution >= 0.6 is 0 Å². The highest BCUT2D eigenvalue weighted by atomic mass is 16.2. The average Bonchev–Trinajstić information content (AvgIpc) is 2.15. The quantitative estimate of drug-likeness (QED) is 0.721. The van der Waals surface area contributed by atoms with E-state index >= 15 is 0 Å². The Morgan fingerprint density at radius 3 is 2.38 bits per heavy atom. The van der Waals surface area contributed by atoms with Gasteiger partial charge >= 0.3 is 0 Å². The van der Waals surface area contributed by atoms with E-state index in [1.807, 2.05) is 0 Å². The molecule has 92 valence electrons. The molecule has 0 aliphatic carbocycles. The molecule has 16 heavy (non-hydrogen) atoms. The average molecular weight is 225 g/mol. The van der Waals surface area contributed by atoms with Crippen LogP contribution in [0.15, 0.2) is 0 Å². The minimum Gasteiger partial charge on any atom is -0.353 e. The maximum Gasteiger partial charge on any atom is 0.225 e. The van der Waals surface area contributed by atoms with Gasteiger partial charge in [-0.3, -0.25) is 4.79 Å². The first-order chi connectivity index (χ1) is 7.66. The molecule has 2 fully saturated rings. The second-order valence-electron chi connectivity index (χ2n) is 5.27. The summed E-state index contributed by atoms with van der Waals surface area (Å²) in [4.78, 5) is 14.2. The molecule has 0 aromatic rings. The Bertz CT molecular complexity index is 243. The van der Waals surface area contributed by atoms with Gasteiger partial charge in [0.2, 0.25) is 5.91 Å². The fourth-order valence-corrected chi connectivity index (χ4v) is 2.35. The summed E-state index contributed by atoms with van der Waals surface area (Å²) in [5.74, 6) is 0.477. The van der Waals surface area contributed by atoms with Crippen LogP contribution in [0.25, 0.3) is 0 Å². The van der Waals surface area contributed by atoms with Crippen LogP contribution in [0.1, 0.15) is 26.7 Å². The zero-order valence-corrected chi connectivity index (χ0v) is 10.3. The SMILES string of the molecule is CC(C)N1CCC(NC(=O)C2CNC2)CC1. The highest BCUT2D eigenvalue weighted by Crippen LogP contribution is 2.14.